The second kappa shape index (κ2) is 5.96. The fraction of sp³-hybridized carbons (Fsp3) is 0.269. The minimum absolute atomic E-state index is 0.0918. The van der Waals surface area contributed by atoms with E-state index in [9.17, 15) is 0 Å². The number of hydrogen-bond acceptors (Lipinski definition) is 1. The van der Waals surface area contributed by atoms with Crippen molar-refractivity contribution in [3.63, 3.8) is 0 Å². The summed E-state index contributed by atoms with van der Waals surface area (Å²) < 4.78 is 34.6. The Hall–Kier alpha value is -3.07. The molecule has 0 bridgehead atoms. The number of hydrogen-bond donors (Lipinski definition) is 0. The van der Waals surface area contributed by atoms with E-state index in [2.05, 4.69) is 45.0 Å². The van der Waals surface area contributed by atoms with E-state index >= 15 is 0 Å². The second-order valence-corrected chi connectivity index (χ2v) is 8.88. The Balaban J connectivity index is 1.95. The van der Waals surface area contributed by atoms with Gasteiger partial charge in [0.1, 0.15) is 5.58 Å². The van der Waals surface area contributed by atoms with Crippen LogP contribution in [0.25, 0.3) is 38.7 Å². The average molecular weight is 387 g/mol. The first-order valence-corrected chi connectivity index (χ1v) is 9.98. The van der Waals surface area contributed by atoms with Crippen LogP contribution in [-0.4, -0.2) is 4.57 Å². The van der Waals surface area contributed by atoms with Gasteiger partial charge in [-0.25, -0.2) is 4.57 Å². The predicted molar refractivity (Wildman–Crippen MR) is 120 cm³/mol. The highest BCUT2D eigenvalue weighted by atomic mass is 16.3. The molecule has 0 saturated heterocycles. The molecule has 0 aliphatic rings. The Kier molecular flexibility index (Phi) is 3.06. The van der Waals surface area contributed by atoms with E-state index in [1.165, 1.54) is 4.57 Å². The summed E-state index contributed by atoms with van der Waals surface area (Å²) in [5.74, 6) is 0.641. The van der Waals surface area contributed by atoms with Gasteiger partial charge in [-0.15, -0.1) is 0 Å². The van der Waals surface area contributed by atoms with Crippen molar-refractivity contribution in [3.05, 3.63) is 71.5 Å². The van der Waals surface area contributed by atoms with Gasteiger partial charge in [-0.2, -0.15) is 4.57 Å². The van der Waals surface area contributed by atoms with E-state index in [4.69, 9.17) is 8.53 Å². The molecule has 5 rings (SSSR count). The van der Waals surface area contributed by atoms with Crippen molar-refractivity contribution in [1.82, 2.24) is 4.57 Å². The van der Waals surface area contributed by atoms with Crippen molar-refractivity contribution in [3.8, 4) is 5.69 Å². The van der Waals surface area contributed by atoms with Gasteiger partial charge >= 0.3 is 0 Å². The Morgan fingerprint density at radius 1 is 0.966 bits per heavy atom. The third-order valence-electron chi connectivity index (χ3n) is 5.92. The Morgan fingerprint density at radius 2 is 1.76 bits per heavy atom. The third-order valence-corrected chi connectivity index (χ3v) is 5.92. The molecule has 2 heterocycles. The molecule has 0 atom stereocenters. The van der Waals surface area contributed by atoms with Gasteiger partial charge < -0.3 is 4.42 Å². The molecule has 3 heteroatoms. The molecule has 146 valence electrons. The number of rotatable bonds is 1. The summed E-state index contributed by atoms with van der Waals surface area (Å²) >= 11 is 0. The van der Waals surface area contributed by atoms with Crippen molar-refractivity contribution in [1.29, 1.82) is 0 Å². The fourth-order valence-corrected chi connectivity index (χ4v) is 4.24. The molecule has 29 heavy (non-hydrogen) atoms. The molecule has 0 N–H and O–H groups in total. The lowest BCUT2D eigenvalue weighted by Gasteiger charge is -2.18. The minimum Gasteiger partial charge on any atom is -0.452 e. The lowest BCUT2D eigenvalue weighted by molar-refractivity contribution is -0.575. The number of nitrogens with zero attached hydrogens (tertiary/aromatic N) is 2. The Morgan fingerprint density at radius 3 is 2.52 bits per heavy atom. The topological polar surface area (TPSA) is 21.9 Å². The maximum absolute atomic E-state index is 8.26. The van der Waals surface area contributed by atoms with Crippen LogP contribution in [0.5, 0.6) is 0 Å². The molecule has 0 amide bonds. The van der Waals surface area contributed by atoms with Gasteiger partial charge in [-0.05, 0) is 42.2 Å². The largest absolute Gasteiger partial charge is 0.452 e. The maximum atomic E-state index is 8.26. The van der Waals surface area contributed by atoms with E-state index < -0.39 is 6.98 Å². The number of fused-ring (bicyclic) bond motifs is 4. The molecule has 2 aromatic heterocycles. The van der Waals surface area contributed by atoms with Gasteiger partial charge in [0, 0.05) is 23.3 Å². The zero-order chi connectivity index (χ0) is 23.0. The highest BCUT2D eigenvalue weighted by molar-refractivity contribution is 6.07. The molecule has 0 radical (unpaired) electrons. The van der Waals surface area contributed by atoms with Gasteiger partial charge in [0.2, 0.25) is 0 Å². The van der Waals surface area contributed by atoms with Crippen LogP contribution < -0.4 is 4.57 Å². The van der Waals surface area contributed by atoms with Crippen LogP contribution in [0.2, 0.25) is 0 Å². The second-order valence-electron chi connectivity index (χ2n) is 8.88. The lowest BCUT2D eigenvalue weighted by Crippen LogP contribution is -2.34. The van der Waals surface area contributed by atoms with Crippen molar-refractivity contribution in [2.24, 2.45) is 6.98 Å². The van der Waals surface area contributed by atoms with Crippen molar-refractivity contribution >= 4 is 33.0 Å². The van der Waals surface area contributed by atoms with Crippen molar-refractivity contribution in [2.45, 2.75) is 40.0 Å². The van der Waals surface area contributed by atoms with E-state index in [0.717, 1.165) is 44.3 Å². The number of para-hydroxylation sites is 1. The zero-order valence-electron chi connectivity index (χ0n) is 20.5. The molecular weight excluding hydrogens is 356 g/mol. The van der Waals surface area contributed by atoms with Crippen LogP contribution in [0.15, 0.2) is 59.0 Å². The first-order valence-electron chi connectivity index (χ1n) is 11.5. The zero-order valence-corrected chi connectivity index (χ0v) is 17.5. The first-order chi connectivity index (χ1) is 15.0. The quantitative estimate of drug-likeness (QED) is 0.311. The summed E-state index contributed by atoms with van der Waals surface area (Å²) in [7, 11) is 0. The van der Waals surface area contributed by atoms with Crippen LogP contribution in [0.1, 0.15) is 41.8 Å². The highest BCUT2D eigenvalue weighted by Gasteiger charge is 2.27. The lowest BCUT2D eigenvalue weighted by atomic mass is 9.87. The molecule has 0 aliphatic carbocycles. The van der Waals surface area contributed by atoms with Crippen LogP contribution >= 0.6 is 0 Å². The summed E-state index contributed by atoms with van der Waals surface area (Å²) in [5, 5.41) is 2.07. The summed E-state index contributed by atoms with van der Waals surface area (Å²) in [5.41, 5.74) is 6.04. The standard InChI is InChI=1S/C26H27N2O/c1-16-11-13-20-19-9-7-8-10-23(19)29-25(20)24(16)28-17(2)27(6)22-15-18(26(3,4)5)12-14-21(22)28/h7-15H,1-6H3/q+1/i6D3. The molecule has 0 aliphatic heterocycles. The summed E-state index contributed by atoms with van der Waals surface area (Å²) in [6.45, 7) is 8.01. The molecule has 0 saturated carbocycles. The molecule has 3 nitrogen and oxygen atoms in total. The monoisotopic (exact) mass is 386 g/mol. The smallest absolute Gasteiger partial charge is 0.259 e. The van der Waals surface area contributed by atoms with Gasteiger partial charge in [-0.1, -0.05) is 51.1 Å². The summed E-state index contributed by atoms with van der Waals surface area (Å²) in [6.07, 6.45) is 0. The SMILES string of the molecule is [2H]C([2H])([2H])n1c(C)[n+](-c2c(C)ccc3c2oc2ccccc23)c2ccc(C(C)(C)C)cc21. The van der Waals surface area contributed by atoms with E-state index in [0.29, 0.717) is 11.3 Å². The number of benzene rings is 3. The van der Waals surface area contributed by atoms with Gasteiger partial charge in [0.15, 0.2) is 22.3 Å². The van der Waals surface area contributed by atoms with Crippen LogP contribution in [0.4, 0.5) is 0 Å². The van der Waals surface area contributed by atoms with Gasteiger partial charge in [-0.3, -0.25) is 0 Å². The van der Waals surface area contributed by atoms with Crippen LogP contribution in [0.3, 0.4) is 0 Å². The minimum atomic E-state index is -2.31. The van der Waals surface area contributed by atoms with E-state index in [1.807, 2.05) is 48.7 Å². The van der Waals surface area contributed by atoms with Crippen LogP contribution in [-0.2, 0) is 12.4 Å². The summed E-state index contributed by atoms with van der Waals surface area (Å²) in [4.78, 5) is 0. The normalized spacial score (nSPS) is 14.4. The number of imidazole rings is 1. The molecule has 0 unspecified atom stereocenters. The van der Waals surface area contributed by atoms with Crippen molar-refractivity contribution < 1.29 is 13.1 Å². The molecule has 3 aromatic carbocycles. The number of furan rings is 1. The molecule has 0 fully saturated rings. The van der Waals surface area contributed by atoms with E-state index in [-0.39, 0.29) is 5.41 Å². The molecular formula is C26H27N2O+. The van der Waals surface area contributed by atoms with Gasteiger partial charge in [0.25, 0.3) is 5.82 Å². The van der Waals surface area contributed by atoms with E-state index in [1.54, 1.807) is 0 Å². The maximum Gasteiger partial charge on any atom is 0.259 e. The summed E-state index contributed by atoms with van der Waals surface area (Å²) in [6, 6.07) is 18.3. The Labute approximate surface area is 175 Å². The first kappa shape index (κ1) is 14.9. The number of aryl methyl sites for hydroxylation is 2. The molecule has 5 aromatic rings. The van der Waals surface area contributed by atoms with Gasteiger partial charge in [0.05, 0.1) is 11.1 Å². The highest BCUT2D eigenvalue weighted by Crippen LogP contribution is 2.34. The number of aromatic nitrogens is 2. The molecule has 0 spiro atoms. The third kappa shape index (κ3) is 2.53. The van der Waals surface area contributed by atoms with Crippen molar-refractivity contribution in [2.75, 3.05) is 0 Å². The predicted octanol–water partition coefficient (Wildman–Crippen LogP) is 6.27. The van der Waals surface area contributed by atoms with Crippen LogP contribution in [0, 0.1) is 13.8 Å². The average Bonchev–Trinajstić information content (AvgIpc) is 3.21. The fourth-order valence-electron chi connectivity index (χ4n) is 4.24. The Bertz CT molecular complexity index is 1510.